The Bertz CT molecular complexity index is 967. The third kappa shape index (κ3) is 4.17. The number of methoxy groups -OCH3 is 1. The van der Waals surface area contributed by atoms with Gasteiger partial charge >= 0.3 is 0 Å². The zero-order valence-electron chi connectivity index (χ0n) is 16.7. The number of amides is 1. The van der Waals surface area contributed by atoms with Gasteiger partial charge in [0.15, 0.2) is 5.69 Å². The van der Waals surface area contributed by atoms with Crippen LogP contribution in [0.2, 0.25) is 0 Å². The lowest BCUT2D eigenvalue weighted by Gasteiger charge is -2.26. The molecule has 6 heteroatoms. The number of rotatable bonds is 6. The molecule has 3 aromatic rings. The zero-order chi connectivity index (χ0) is 20.2. The number of carbonyl (C=O) groups excluding carboxylic acids is 1. The second-order valence-electron chi connectivity index (χ2n) is 7.23. The summed E-state index contributed by atoms with van der Waals surface area (Å²) in [6.07, 6.45) is 2.49. The van der Waals surface area contributed by atoms with Crippen LogP contribution in [0.4, 0.5) is 0 Å². The molecule has 2 heterocycles. The van der Waals surface area contributed by atoms with Gasteiger partial charge in [0.2, 0.25) is 0 Å². The molecule has 0 aliphatic carbocycles. The summed E-state index contributed by atoms with van der Waals surface area (Å²) in [5, 5.41) is 0. The molecule has 1 aliphatic heterocycles. The van der Waals surface area contributed by atoms with E-state index in [4.69, 9.17) is 9.47 Å². The van der Waals surface area contributed by atoms with Crippen molar-refractivity contribution in [2.24, 2.45) is 0 Å². The maximum absolute atomic E-state index is 12.9. The molecule has 29 heavy (non-hydrogen) atoms. The van der Waals surface area contributed by atoms with Crippen LogP contribution in [-0.2, 0) is 24.3 Å². The number of imidazole rings is 1. The van der Waals surface area contributed by atoms with Crippen molar-refractivity contribution in [2.75, 3.05) is 20.7 Å². The zero-order valence-corrected chi connectivity index (χ0v) is 16.7. The van der Waals surface area contributed by atoms with Gasteiger partial charge in [-0.05, 0) is 29.7 Å². The van der Waals surface area contributed by atoms with Crippen molar-refractivity contribution in [3.05, 3.63) is 83.4 Å². The van der Waals surface area contributed by atoms with Crippen molar-refractivity contribution in [3.8, 4) is 5.75 Å². The molecule has 0 fully saturated rings. The lowest BCUT2D eigenvalue weighted by Crippen LogP contribution is -2.31. The number of nitrogens with zero attached hydrogens (tertiary/aromatic N) is 3. The number of likely N-dealkylation sites (N-methyl/N-ethyl adjacent to an activating group) is 1. The number of carbonyl (C=O) groups is 1. The Labute approximate surface area is 170 Å². The van der Waals surface area contributed by atoms with Crippen LogP contribution in [0.3, 0.4) is 0 Å². The smallest absolute Gasteiger partial charge is 0.274 e. The van der Waals surface area contributed by atoms with E-state index >= 15 is 0 Å². The summed E-state index contributed by atoms with van der Waals surface area (Å²) in [6.45, 7) is 1.64. The predicted octanol–water partition coefficient (Wildman–Crippen LogP) is 3.48. The van der Waals surface area contributed by atoms with Crippen LogP contribution >= 0.6 is 0 Å². The molecule has 150 valence electrons. The topological polar surface area (TPSA) is 56.6 Å². The molecular weight excluding hydrogens is 366 g/mol. The summed E-state index contributed by atoms with van der Waals surface area (Å²) in [5.74, 6) is 0.750. The Hall–Kier alpha value is -3.12. The van der Waals surface area contributed by atoms with E-state index in [1.807, 2.05) is 54.1 Å². The van der Waals surface area contributed by atoms with E-state index in [1.54, 1.807) is 18.3 Å². The second-order valence-corrected chi connectivity index (χ2v) is 7.23. The quantitative estimate of drug-likeness (QED) is 0.646. The molecule has 1 aliphatic rings. The SMILES string of the molecule is COc1ccc(C2Cn3cnc(C(=O)N(C)CCc4ccccc4)c3CO2)cc1. The van der Waals surface area contributed by atoms with Gasteiger partial charge in [-0.3, -0.25) is 4.79 Å². The highest BCUT2D eigenvalue weighted by Gasteiger charge is 2.27. The minimum absolute atomic E-state index is 0.0682. The van der Waals surface area contributed by atoms with Gasteiger partial charge in [-0.2, -0.15) is 0 Å². The highest BCUT2D eigenvalue weighted by atomic mass is 16.5. The fourth-order valence-corrected chi connectivity index (χ4v) is 3.55. The predicted molar refractivity (Wildman–Crippen MR) is 110 cm³/mol. The minimum Gasteiger partial charge on any atom is -0.497 e. The average Bonchev–Trinajstić information content (AvgIpc) is 3.21. The first-order chi connectivity index (χ1) is 14.2. The van der Waals surface area contributed by atoms with Crippen molar-refractivity contribution in [3.63, 3.8) is 0 Å². The lowest BCUT2D eigenvalue weighted by molar-refractivity contribution is 0.00237. The number of hydrogen-bond acceptors (Lipinski definition) is 4. The fourth-order valence-electron chi connectivity index (χ4n) is 3.55. The van der Waals surface area contributed by atoms with Crippen molar-refractivity contribution in [1.29, 1.82) is 0 Å². The van der Waals surface area contributed by atoms with E-state index in [0.29, 0.717) is 25.4 Å². The molecule has 0 radical (unpaired) electrons. The Morgan fingerprint density at radius 2 is 1.97 bits per heavy atom. The van der Waals surface area contributed by atoms with Crippen LogP contribution in [0.1, 0.15) is 33.4 Å². The van der Waals surface area contributed by atoms with Gasteiger partial charge in [-0.15, -0.1) is 0 Å². The van der Waals surface area contributed by atoms with Gasteiger partial charge in [0.05, 0.1) is 32.3 Å². The molecule has 1 amide bonds. The number of ether oxygens (including phenoxy) is 2. The monoisotopic (exact) mass is 391 g/mol. The van der Waals surface area contributed by atoms with Crippen molar-refractivity contribution in [2.45, 2.75) is 25.7 Å². The normalized spacial score (nSPS) is 15.6. The highest BCUT2D eigenvalue weighted by Crippen LogP contribution is 2.29. The maximum Gasteiger partial charge on any atom is 0.274 e. The molecule has 0 saturated heterocycles. The van der Waals surface area contributed by atoms with Crippen molar-refractivity contribution >= 4 is 5.91 Å². The van der Waals surface area contributed by atoms with E-state index in [2.05, 4.69) is 17.1 Å². The van der Waals surface area contributed by atoms with Crippen LogP contribution in [-0.4, -0.2) is 41.1 Å². The summed E-state index contributed by atoms with van der Waals surface area (Å²) in [6, 6.07) is 18.0. The van der Waals surface area contributed by atoms with Gasteiger partial charge in [-0.25, -0.2) is 4.98 Å². The van der Waals surface area contributed by atoms with Gasteiger partial charge in [0.25, 0.3) is 5.91 Å². The Morgan fingerprint density at radius 3 is 2.69 bits per heavy atom. The first kappa shape index (κ1) is 19.2. The molecule has 1 unspecified atom stereocenters. The molecule has 0 N–H and O–H groups in total. The molecule has 1 atom stereocenters. The molecule has 0 bridgehead atoms. The van der Waals surface area contributed by atoms with Gasteiger partial charge < -0.3 is 18.9 Å². The summed E-state index contributed by atoms with van der Waals surface area (Å²) in [4.78, 5) is 19.0. The summed E-state index contributed by atoms with van der Waals surface area (Å²) >= 11 is 0. The van der Waals surface area contributed by atoms with E-state index in [9.17, 15) is 4.79 Å². The third-order valence-corrected chi connectivity index (χ3v) is 5.35. The molecule has 1 aromatic heterocycles. The standard InChI is InChI=1S/C23H25N3O3/c1-25(13-12-17-6-4-3-5-7-17)23(27)22-20-15-29-21(14-26(20)16-24-22)18-8-10-19(28-2)11-9-18/h3-11,16,21H,12-15H2,1-2H3. The maximum atomic E-state index is 12.9. The second kappa shape index (κ2) is 8.49. The Morgan fingerprint density at radius 1 is 1.21 bits per heavy atom. The molecule has 0 spiro atoms. The molecule has 2 aromatic carbocycles. The van der Waals surface area contributed by atoms with Gasteiger partial charge in [0, 0.05) is 13.6 Å². The first-order valence-electron chi connectivity index (χ1n) is 9.74. The lowest BCUT2D eigenvalue weighted by atomic mass is 10.1. The van der Waals surface area contributed by atoms with E-state index in [1.165, 1.54) is 5.56 Å². The first-order valence-corrected chi connectivity index (χ1v) is 9.74. The van der Waals surface area contributed by atoms with Crippen molar-refractivity contribution < 1.29 is 14.3 Å². The number of aromatic nitrogens is 2. The van der Waals surface area contributed by atoms with Crippen LogP contribution < -0.4 is 4.74 Å². The number of hydrogen-bond donors (Lipinski definition) is 0. The van der Waals surface area contributed by atoms with Crippen LogP contribution in [0.15, 0.2) is 60.9 Å². The van der Waals surface area contributed by atoms with E-state index < -0.39 is 0 Å². The van der Waals surface area contributed by atoms with Crippen molar-refractivity contribution in [1.82, 2.24) is 14.5 Å². The average molecular weight is 391 g/mol. The van der Waals surface area contributed by atoms with E-state index in [-0.39, 0.29) is 12.0 Å². The van der Waals surface area contributed by atoms with Gasteiger partial charge in [-0.1, -0.05) is 42.5 Å². The Kier molecular flexibility index (Phi) is 5.62. The highest BCUT2D eigenvalue weighted by molar-refractivity contribution is 5.93. The summed E-state index contributed by atoms with van der Waals surface area (Å²) in [5.41, 5.74) is 3.61. The Balaban J connectivity index is 1.42. The summed E-state index contributed by atoms with van der Waals surface area (Å²) in [7, 11) is 3.47. The number of fused-ring (bicyclic) bond motifs is 1. The molecule has 0 saturated carbocycles. The minimum atomic E-state index is -0.0684. The molecule has 4 rings (SSSR count). The third-order valence-electron chi connectivity index (χ3n) is 5.35. The van der Waals surface area contributed by atoms with E-state index in [0.717, 1.165) is 23.4 Å². The van der Waals surface area contributed by atoms with Crippen LogP contribution in [0.5, 0.6) is 5.75 Å². The van der Waals surface area contributed by atoms with Crippen LogP contribution in [0, 0.1) is 0 Å². The number of benzene rings is 2. The van der Waals surface area contributed by atoms with Gasteiger partial charge in [0.1, 0.15) is 11.9 Å². The molecular formula is C23H25N3O3. The summed E-state index contributed by atoms with van der Waals surface area (Å²) < 4.78 is 13.3. The largest absolute Gasteiger partial charge is 0.497 e. The van der Waals surface area contributed by atoms with Crippen LogP contribution in [0.25, 0.3) is 0 Å². The fraction of sp³-hybridized carbons (Fsp3) is 0.304. The molecule has 6 nitrogen and oxygen atoms in total.